The molecule has 33 rings (SSSR count). The summed E-state index contributed by atoms with van der Waals surface area (Å²) in [5.41, 5.74) is 52.0. The molecule has 0 saturated carbocycles. The minimum absolute atomic E-state index is 0.321. The third-order valence-corrected chi connectivity index (χ3v) is 32.1. The maximum atomic E-state index is 4.88. The van der Waals surface area contributed by atoms with E-state index in [4.69, 9.17) is 4.98 Å². The van der Waals surface area contributed by atoms with Gasteiger partial charge in [-0.25, -0.2) is 4.98 Å². The van der Waals surface area contributed by atoms with E-state index in [1.807, 2.05) is 6.07 Å². The van der Waals surface area contributed by atoms with Crippen LogP contribution >= 0.6 is 0 Å². The van der Waals surface area contributed by atoms with E-state index < -0.39 is 0 Å². The molecular formula is C138H96N8. The molecule has 2 spiro atoms. The number of hydrogen-bond acceptors (Lipinski definition) is 3. The van der Waals surface area contributed by atoms with Crippen LogP contribution < -0.4 is 9.80 Å². The molecule has 6 aromatic heterocycles. The van der Waals surface area contributed by atoms with E-state index >= 15 is 0 Å². The highest BCUT2D eigenvalue weighted by molar-refractivity contribution is 6.19. The third kappa shape index (κ3) is 11.9. The first-order chi connectivity index (χ1) is 72.1. The number of anilines is 5. The first kappa shape index (κ1) is 84.3. The summed E-state index contributed by atoms with van der Waals surface area (Å²) in [5.74, 6) is 0. The molecule has 21 aromatic carbocycles. The molecule has 146 heavy (non-hydrogen) atoms. The van der Waals surface area contributed by atoms with Crippen LogP contribution in [0.4, 0.5) is 28.4 Å². The second-order valence-electron chi connectivity index (χ2n) is 39.6. The fraction of sp³-hybridized carbons (Fsp3) is 0.0507. The molecule has 8 nitrogen and oxygen atoms in total. The van der Waals surface area contributed by atoms with Gasteiger partial charge >= 0.3 is 0 Å². The van der Waals surface area contributed by atoms with Gasteiger partial charge in [0.05, 0.1) is 94.8 Å². The second kappa shape index (κ2) is 32.7. The predicted octanol–water partition coefficient (Wildman–Crippen LogP) is 35.0. The topological polar surface area (TPSA) is 43.5 Å². The first-order valence-electron chi connectivity index (χ1n) is 50.7. The number of aryl methyl sites for hydroxylation is 4. The quantitative estimate of drug-likeness (QED) is 0.162. The van der Waals surface area contributed by atoms with Crippen LogP contribution in [0.3, 0.4) is 0 Å². The molecule has 0 fully saturated rings. The number of pyridine rings is 1. The van der Waals surface area contributed by atoms with Gasteiger partial charge in [0, 0.05) is 113 Å². The highest BCUT2D eigenvalue weighted by Crippen LogP contribution is 2.65. The van der Waals surface area contributed by atoms with Crippen LogP contribution in [-0.4, -0.2) is 34.7 Å². The van der Waals surface area contributed by atoms with E-state index in [0.717, 1.165) is 16.7 Å². The number of hydrogen-bond donors (Lipinski definition) is 0. The number of para-hydroxylation sites is 16. The number of benzene rings is 21. The lowest BCUT2D eigenvalue weighted by atomic mass is 9.65. The minimum Gasteiger partial charge on any atom is -0.344 e. The number of nitrogens with zero attached hydrogens (tertiary/aromatic N) is 8. The fourth-order valence-electron chi connectivity index (χ4n) is 26.3. The summed E-state index contributed by atoms with van der Waals surface area (Å²) in [6.45, 7) is 6.61. The number of fused-ring (bicyclic) bond motifs is 46. The van der Waals surface area contributed by atoms with E-state index in [-0.39, 0.29) is 10.8 Å². The van der Waals surface area contributed by atoms with E-state index in [9.17, 15) is 0 Å². The standard InChI is InChI=1S/2C32H21N.2C27H20N2.C20H14N2/c1-20-10-8-16-26-30(20)23-12-2-4-14-24(23)32(26)25-15-5-7-19-29(25)33-28-18-6-3-11-21(28)22-13-9-17-27(32)31(22)33;1-20-17-18-22-21-9-2-4-12-25(21)32(28(22)19-20)26-13-5-7-16-30(26)33-29-15-6-3-10-23(29)24-11-8-14-27(32)31(24)33;1-28-23-16-8-5-13-20(23)26-21-14-6-10-18-25(21)29(19-11-3-2-4-12-19)27(26)22-15-7-9-17-24(22)28;1-28-23-16-8-5-13-20(23)26-21-14-6-9-17-24(21)29(19-11-3-2-4-12-19)25-18-10-7-15-22(25)27(26)28;1-13-10-11-18-16(12-13)14-6-2-3-7-15(14)20-21-17-8-4-5-9-19(17)22(18)20/h2*2-19H,1H3;2*2-18H,1H3;2-12H,1H3. The Labute approximate surface area is 846 Å². The summed E-state index contributed by atoms with van der Waals surface area (Å²) in [6.07, 6.45) is 0. The zero-order valence-electron chi connectivity index (χ0n) is 81.3. The van der Waals surface area contributed by atoms with Crippen LogP contribution in [0.5, 0.6) is 0 Å². The van der Waals surface area contributed by atoms with Gasteiger partial charge in [-0.15, -0.1) is 0 Å². The normalized spacial score (nSPS) is 14.5. The van der Waals surface area contributed by atoms with Gasteiger partial charge < -0.3 is 28.1 Å². The van der Waals surface area contributed by atoms with Crippen molar-refractivity contribution in [2.45, 2.75) is 31.6 Å². The highest BCUT2D eigenvalue weighted by Gasteiger charge is 2.53. The number of rotatable bonds is 2. The van der Waals surface area contributed by atoms with E-state index in [0.29, 0.717) is 0 Å². The zero-order valence-corrected chi connectivity index (χ0v) is 81.3. The van der Waals surface area contributed by atoms with Gasteiger partial charge in [-0.2, -0.15) is 0 Å². The molecule has 0 N–H and O–H groups in total. The summed E-state index contributed by atoms with van der Waals surface area (Å²) in [5, 5.41) is 11.6. The lowest BCUT2D eigenvalue weighted by molar-refractivity contribution is 0.747. The van der Waals surface area contributed by atoms with Crippen LogP contribution in [0.25, 0.3) is 188 Å². The molecule has 27 aromatic rings. The van der Waals surface area contributed by atoms with Crippen molar-refractivity contribution in [2.75, 3.05) is 16.8 Å². The second-order valence-corrected chi connectivity index (χ2v) is 39.6. The van der Waals surface area contributed by atoms with Gasteiger partial charge in [0.1, 0.15) is 5.65 Å². The molecule has 2 atom stereocenters. The Bertz CT molecular complexity index is 9970. The molecule has 4 aliphatic heterocycles. The van der Waals surface area contributed by atoms with Crippen molar-refractivity contribution < 1.29 is 0 Å². The van der Waals surface area contributed by atoms with Crippen LogP contribution in [0.2, 0.25) is 0 Å². The van der Waals surface area contributed by atoms with Gasteiger partial charge in [0.25, 0.3) is 0 Å². The monoisotopic (exact) mass is 1860 g/mol. The van der Waals surface area contributed by atoms with Crippen molar-refractivity contribution in [1.82, 2.24) is 27.7 Å². The van der Waals surface area contributed by atoms with E-state index in [1.165, 1.54) is 261 Å². The van der Waals surface area contributed by atoms with Crippen molar-refractivity contribution in [3.63, 3.8) is 0 Å². The molecule has 2 aliphatic carbocycles. The van der Waals surface area contributed by atoms with Crippen LogP contribution in [0, 0.1) is 20.8 Å². The van der Waals surface area contributed by atoms with Gasteiger partial charge in [0.2, 0.25) is 0 Å². The van der Waals surface area contributed by atoms with Gasteiger partial charge in [-0.1, -0.05) is 393 Å². The summed E-state index contributed by atoms with van der Waals surface area (Å²) in [6, 6.07) is 179. The smallest absolute Gasteiger partial charge is 0.146 e. The molecule has 6 aliphatic rings. The van der Waals surface area contributed by atoms with E-state index in [1.54, 1.807) is 0 Å². The third-order valence-electron chi connectivity index (χ3n) is 32.1. The fourth-order valence-corrected chi connectivity index (χ4v) is 26.3. The van der Waals surface area contributed by atoms with Crippen molar-refractivity contribution in [1.29, 1.82) is 0 Å². The van der Waals surface area contributed by atoms with Gasteiger partial charge in [-0.05, 0) is 208 Å². The largest absolute Gasteiger partial charge is 0.344 e. The Balaban J connectivity index is 0.0000000869. The predicted molar refractivity (Wildman–Crippen MR) is 609 cm³/mol. The van der Waals surface area contributed by atoms with Crippen molar-refractivity contribution in [3.05, 3.63) is 553 Å². The molecule has 0 bridgehead atoms. The summed E-state index contributed by atoms with van der Waals surface area (Å²) >= 11 is 0. The zero-order chi connectivity index (χ0) is 96.9. The molecule has 688 valence electrons. The van der Waals surface area contributed by atoms with Gasteiger partial charge in [0.15, 0.2) is 0 Å². The Kier molecular flexibility index (Phi) is 18.9. The molecule has 8 heteroatoms. The molecule has 0 saturated heterocycles. The SMILES string of the molecule is CN1c2ccccc2-c2c(n(-c3ccccc3)c3ccccc23)-c2ccccc21.Cc1ccc2c(c1)C1(c3ccccc3-2)c2ccccc2-n2c3ccccc3c3cccc1c32.Cc1ccc2c(c1)c1ccccc1c1nc3ccccc3n21.Cc1cccc2c1-c1ccccc1C21c2ccccc2-n2c3ccccc3c3cccc1c32.Cn1c2c(c3ccccc31)-c1ccccc1N(c1ccccc1)c1ccccc1-2. The summed E-state index contributed by atoms with van der Waals surface area (Å²) in [4.78, 5) is 9.58. The minimum atomic E-state index is -0.321. The Morgan fingerprint density at radius 1 is 0.212 bits per heavy atom. The van der Waals surface area contributed by atoms with Gasteiger partial charge in [-0.3, -0.25) is 4.40 Å². The first-order valence-corrected chi connectivity index (χ1v) is 50.7. The van der Waals surface area contributed by atoms with Crippen LogP contribution in [0.15, 0.2) is 491 Å². The number of imidazole rings is 1. The average molecular weight is 1870 g/mol. The van der Waals surface area contributed by atoms with Crippen molar-refractivity contribution in [3.8, 4) is 84.1 Å². The Morgan fingerprint density at radius 2 is 0.603 bits per heavy atom. The van der Waals surface area contributed by atoms with Crippen LogP contribution in [0.1, 0.15) is 61.2 Å². The maximum absolute atomic E-state index is 4.88. The lowest BCUT2D eigenvalue weighted by Gasteiger charge is -2.39. The number of aromatic nitrogens is 6. The molecule has 10 heterocycles. The van der Waals surface area contributed by atoms with Crippen molar-refractivity contribution >= 4 is 132 Å². The van der Waals surface area contributed by atoms with Crippen LogP contribution in [-0.2, 0) is 17.9 Å². The average Bonchev–Trinajstić information content (AvgIpc) is 1.49. The summed E-state index contributed by atoms with van der Waals surface area (Å²) < 4.78 is 12.0. The Hall–Kier alpha value is -18.6. The molecule has 2 unspecified atom stereocenters. The molecule has 0 radical (unpaired) electrons. The highest BCUT2D eigenvalue weighted by atomic mass is 15.2. The van der Waals surface area contributed by atoms with Crippen molar-refractivity contribution in [2.24, 2.45) is 7.05 Å². The van der Waals surface area contributed by atoms with E-state index in [2.05, 4.69) is 553 Å². The molecule has 0 amide bonds. The Morgan fingerprint density at radius 3 is 1.23 bits per heavy atom. The maximum Gasteiger partial charge on any atom is 0.146 e. The summed E-state index contributed by atoms with van der Waals surface area (Å²) in [7, 11) is 4.34. The molecular weight excluding hydrogens is 1770 g/mol. The lowest BCUT2D eigenvalue weighted by Crippen LogP contribution is -2.33.